The molecule has 0 aromatic carbocycles. The van der Waals surface area contributed by atoms with Crippen LogP contribution in [-0.4, -0.2) is 48.7 Å². The molecule has 0 radical (unpaired) electrons. The van der Waals surface area contributed by atoms with E-state index in [9.17, 15) is 9.59 Å². The molecule has 100 valence electrons. The lowest BCUT2D eigenvalue weighted by atomic mass is 10.1. The molecule has 0 aliphatic heterocycles. The summed E-state index contributed by atoms with van der Waals surface area (Å²) in [5.41, 5.74) is 0. The minimum Gasteiger partial charge on any atom is -0.481 e. The third kappa shape index (κ3) is 6.26. The summed E-state index contributed by atoms with van der Waals surface area (Å²) in [6, 6.07) is 0. The van der Waals surface area contributed by atoms with E-state index in [1.54, 1.807) is 18.9 Å². The molecule has 0 bridgehead atoms. The average Bonchev–Trinajstić information content (AvgIpc) is 2.26. The first-order valence-electron chi connectivity index (χ1n) is 5.90. The Bertz CT molecular complexity index is 253. The zero-order valence-corrected chi connectivity index (χ0v) is 11.1. The van der Waals surface area contributed by atoms with E-state index in [0.29, 0.717) is 13.2 Å². The Kier molecular flexibility index (Phi) is 7.54. The Morgan fingerprint density at radius 3 is 2.29 bits per heavy atom. The molecule has 0 saturated carbocycles. The molecule has 1 N–H and O–H groups in total. The van der Waals surface area contributed by atoms with Gasteiger partial charge in [-0.2, -0.15) is 0 Å². The Labute approximate surface area is 103 Å². The van der Waals surface area contributed by atoms with Crippen molar-refractivity contribution in [2.75, 3.05) is 26.8 Å². The monoisotopic (exact) mass is 245 g/mol. The molecule has 0 fully saturated rings. The van der Waals surface area contributed by atoms with Crippen molar-refractivity contribution in [2.24, 2.45) is 11.8 Å². The van der Waals surface area contributed by atoms with Crippen molar-refractivity contribution in [1.29, 1.82) is 0 Å². The van der Waals surface area contributed by atoms with Crippen molar-refractivity contribution >= 4 is 11.9 Å². The third-order valence-corrected chi connectivity index (χ3v) is 2.50. The van der Waals surface area contributed by atoms with E-state index in [1.807, 2.05) is 13.8 Å². The summed E-state index contributed by atoms with van der Waals surface area (Å²) in [7, 11) is 1.61. The van der Waals surface area contributed by atoms with Gasteiger partial charge in [-0.1, -0.05) is 20.8 Å². The minimum atomic E-state index is -0.877. The Hall–Kier alpha value is -1.10. The minimum absolute atomic E-state index is 0.00537. The maximum Gasteiger partial charge on any atom is 0.308 e. The molecular formula is C12H23NO4. The van der Waals surface area contributed by atoms with Crippen LogP contribution in [-0.2, 0) is 14.3 Å². The van der Waals surface area contributed by atoms with Crippen LogP contribution in [0.5, 0.6) is 0 Å². The average molecular weight is 245 g/mol. The smallest absolute Gasteiger partial charge is 0.308 e. The third-order valence-electron chi connectivity index (χ3n) is 2.50. The summed E-state index contributed by atoms with van der Waals surface area (Å²) in [6.45, 7) is 6.62. The molecule has 5 nitrogen and oxygen atoms in total. The van der Waals surface area contributed by atoms with E-state index in [-0.39, 0.29) is 18.4 Å². The van der Waals surface area contributed by atoms with E-state index < -0.39 is 11.9 Å². The lowest BCUT2D eigenvalue weighted by Crippen LogP contribution is -2.40. The van der Waals surface area contributed by atoms with E-state index in [1.165, 1.54) is 0 Å². The normalized spacial score (nSPS) is 12.5. The Balaban J connectivity index is 4.39. The van der Waals surface area contributed by atoms with Crippen LogP contribution in [0.2, 0.25) is 0 Å². The van der Waals surface area contributed by atoms with Gasteiger partial charge in [-0.15, -0.1) is 0 Å². The summed E-state index contributed by atoms with van der Waals surface area (Å²) in [6.07, 6.45) is 0.724. The first-order valence-corrected chi connectivity index (χ1v) is 5.90. The summed E-state index contributed by atoms with van der Waals surface area (Å²) >= 11 is 0. The second kappa shape index (κ2) is 8.06. The zero-order valence-electron chi connectivity index (χ0n) is 11.1. The lowest BCUT2D eigenvalue weighted by molar-refractivity contribution is -0.143. The number of carbonyl (C=O) groups is 2. The van der Waals surface area contributed by atoms with Crippen molar-refractivity contribution < 1.29 is 19.4 Å². The maximum absolute atomic E-state index is 11.9. The van der Waals surface area contributed by atoms with Crippen LogP contribution in [0.25, 0.3) is 0 Å². The zero-order chi connectivity index (χ0) is 13.4. The number of carboxylic acid groups (broad SMARTS) is 1. The first kappa shape index (κ1) is 15.9. The molecule has 5 heteroatoms. The van der Waals surface area contributed by atoms with Crippen molar-refractivity contribution in [1.82, 2.24) is 4.90 Å². The van der Waals surface area contributed by atoms with Gasteiger partial charge in [-0.05, 0) is 6.42 Å². The van der Waals surface area contributed by atoms with Crippen LogP contribution in [0.1, 0.15) is 27.2 Å². The van der Waals surface area contributed by atoms with Crippen molar-refractivity contribution in [3.8, 4) is 0 Å². The highest BCUT2D eigenvalue weighted by Crippen LogP contribution is 2.07. The van der Waals surface area contributed by atoms with Gasteiger partial charge >= 0.3 is 5.97 Å². The van der Waals surface area contributed by atoms with Gasteiger partial charge in [0.15, 0.2) is 0 Å². The molecule has 0 aromatic rings. The highest BCUT2D eigenvalue weighted by Gasteiger charge is 2.21. The predicted octanol–water partition coefficient (Wildman–Crippen LogP) is 1.23. The summed E-state index contributed by atoms with van der Waals surface area (Å²) in [4.78, 5) is 24.3. The molecule has 1 atom stereocenters. The van der Waals surface area contributed by atoms with E-state index in [0.717, 1.165) is 6.42 Å². The molecule has 0 heterocycles. The number of hydrogen-bond acceptors (Lipinski definition) is 3. The molecule has 1 amide bonds. The lowest BCUT2D eigenvalue weighted by Gasteiger charge is -2.26. The van der Waals surface area contributed by atoms with Gasteiger partial charge in [0.25, 0.3) is 0 Å². The number of nitrogens with zero attached hydrogens (tertiary/aromatic N) is 1. The molecule has 0 aromatic heterocycles. The van der Waals surface area contributed by atoms with Crippen LogP contribution >= 0.6 is 0 Å². The summed E-state index contributed by atoms with van der Waals surface area (Å²) in [5.74, 6) is -1.54. The van der Waals surface area contributed by atoms with Crippen LogP contribution in [0.4, 0.5) is 0 Å². The van der Waals surface area contributed by atoms with Crippen LogP contribution < -0.4 is 0 Å². The van der Waals surface area contributed by atoms with E-state index in [2.05, 4.69) is 0 Å². The van der Waals surface area contributed by atoms with Gasteiger partial charge in [0.2, 0.25) is 5.91 Å². The standard InChI is InChI=1S/C12H23NO4/c1-9(2)11(14)13(6-5-7-17-4)8-10(3)12(15)16/h9-10H,5-8H2,1-4H3,(H,15,16). The molecule has 0 spiro atoms. The molecular weight excluding hydrogens is 222 g/mol. The fourth-order valence-corrected chi connectivity index (χ4v) is 1.47. The number of carbonyl (C=O) groups excluding carboxylic acids is 1. The molecule has 17 heavy (non-hydrogen) atoms. The second-order valence-corrected chi connectivity index (χ2v) is 4.52. The summed E-state index contributed by atoms with van der Waals surface area (Å²) in [5, 5.41) is 8.86. The van der Waals surface area contributed by atoms with E-state index >= 15 is 0 Å². The number of hydrogen-bond donors (Lipinski definition) is 1. The van der Waals surface area contributed by atoms with Crippen LogP contribution in [0, 0.1) is 11.8 Å². The van der Waals surface area contributed by atoms with Crippen LogP contribution in [0.15, 0.2) is 0 Å². The highest BCUT2D eigenvalue weighted by molar-refractivity contribution is 5.79. The molecule has 0 aliphatic rings. The predicted molar refractivity (Wildman–Crippen MR) is 64.7 cm³/mol. The summed E-state index contributed by atoms with van der Waals surface area (Å²) < 4.78 is 4.93. The molecule has 0 saturated heterocycles. The van der Waals surface area contributed by atoms with Gasteiger partial charge in [0, 0.05) is 32.7 Å². The maximum atomic E-state index is 11.9. The number of amides is 1. The number of methoxy groups -OCH3 is 1. The van der Waals surface area contributed by atoms with Gasteiger partial charge < -0.3 is 14.7 Å². The fraction of sp³-hybridized carbons (Fsp3) is 0.833. The van der Waals surface area contributed by atoms with Gasteiger partial charge in [0.1, 0.15) is 0 Å². The number of rotatable bonds is 8. The van der Waals surface area contributed by atoms with Crippen molar-refractivity contribution in [3.63, 3.8) is 0 Å². The molecule has 0 aliphatic carbocycles. The quantitative estimate of drug-likeness (QED) is 0.653. The Morgan fingerprint density at radius 2 is 1.88 bits per heavy atom. The van der Waals surface area contributed by atoms with Crippen molar-refractivity contribution in [3.05, 3.63) is 0 Å². The largest absolute Gasteiger partial charge is 0.481 e. The number of aliphatic carboxylic acids is 1. The SMILES string of the molecule is COCCCN(CC(C)C(=O)O)C(=O)C(C)C. The number of carboxylic acids is 1. The van der Waals surface area contributed by atoms with Gasteiger partial charge in [-0.3, -0.25) is 9.59 Å². The number of ether oxygens (including phenoxy) is 1. The highest BCUT2D eigenvalue weighted by atomic mass is 16.5. The molecule has 0 rings (SSSR count). The van der Waals surface area contributed by atoms with E-state index in [4.69, 9.17) is 9.84 Å². The Morgan fingerprint density at radius 1 is 1.29 bits per heavy atom. The van der Waals surface area contributed by atoms with Crippen LogP contribution in [0.3, 0.4) is 0 Å². The van der Waals surface area contributed by atoms with Gasteiger partial charge in [0.05, 0.1) is 5.92 Å². The fourth-order valence-electron chi connectivity index (χ4n) is 1.47. The topological polar surface area (TPSA) is 66.8 Å². The molecule has 1 unspecified atom stereocenters. The second-order valence-electron chi connectivity index (χ2n) is 4.52. The van der Waals surface area contributed by atoms with Gasteiger partial charge in [-0.25, -0.2) is 0 Å². The first-order chi connectivity index (χ1) is 7.90. The van der Waals surface area contributed by atoms with Crippen molar-refractivity contribution in [2.45, 2.75) is 27.2 Å².